The Bertz CT molecular complexity index is 1880. The van der Waals surface area contributed by atoms with E-state index >= 15 is 0 Å². The summed E-state index contributed by atoms with van der Waals surface area (Å²) in [7, 11) is 3.05. The first-order valence-corrected chi connectivity index (χ1v) is 16.7. The van der Waals surface area contributed by atoms with Gasteiger partial charge < -0.3 is 33.3 Å². The number of fused-ring (bicyclic) bond motifs is 1. The smallest absolute Gasteiger partial charge is 0.338 e. The maximum absolute atomic E-state index is 14.2. The molecule has 1 fully saturated rings. The fraction of sp³-hybridized carbons (Fsp3) is 0.394. The quantitative estimate of drug-likeness (QED) is 0.274. The number of thiazole rings is 1. The summed E-state index contributed by atoms with van der Waals surface area (Å²) in [4.78, 5) is 46.9. The zero-order chi connectivity index (χ0) is 33.7. The lowest BCUT2D eigenvalue weighted by Crippen LogP contribution is -2.43. The molecule has 2 aliphatic rings. The molecule has 12 nitrogen and oxygen atoms in total. The lowest BCUT2D eigenvalue weighted by atomic mass is 9.95. The molecule has 1 amide bonds. The van der Waals surface area contributed by atoms with Gasteiger partial charge in [-0.05, 0) is 62.2 Å². The molecule has 3 heterocycles. The predicted octanol–water partition coefficient (Wildman–Crippen LogP) is 3.21. The van der Waals surface area contributed by atoms with Crippen LogP contribution in [0.5, 0.6) is 23.0 Å². The molecule has 0 aliphatic carbocycles. The standard InChI is InChI=1S/C33H36BrN3O9S/c1-6-44-26-14-20(8-9-23(26)46-18-28(38)36-10-12-43-13-11-36)15-27-31(39)37-30(21-16-24(41-4)25(42-5)17-22(21)34)29(32(40)45-7-2)19(3)35-33(37)47-27/h8-9,14-17,30H,6-7,10-13,18H2,1-5H3/b27-15+/t30-/m0/s1. The first-order chi connectivity index (χ1) is 22.7. The number of amides is 1. The van der Waals surface area contributed by atoms with E-state index in [0.717, 1.165) is 0 Å². The van der Waals surface area contributed by atoms with E-state index in [-0.39, 0.29) is 30.3 Å². The number of ether oxygens (including phenoxy) is 6. The number of allylic oxidation sites excluding steroid dienone is 1. The van der Waals surface area contributed by atoms with Crippen LogP contribution < -0.4 is 33.8 Å². The molecule has 3 aromatic rings. The van der Waals surface area contributed by atoms with E-state index in [4.69, 9.17) is 28.4 Å². The summed E-state index contributed by atoms with van der Waals surface area (Å²) in [6, 6.07) is 7.86. The number of aromatic nitrogens is 1. The highest BCUT2D eigenvalue weighted by Crippen LogP contribution is 2.41. The van der Waals surface area contributed by atoms with Gasteiger partial charge in [-0.2, -0.15) is 0 Å². The third-order valence-corrected chi connectivity index (χ3v) is 9.26. The number of halogens is 1. The lowest BCUT2D eigenvalue weighted by molar-refractivity contribution is -0.139. The molecular formula is C33H36BrN3O9S. The molecule has 0 unspecified atom stereocenters. The van der Waals surface area contributed by atoms with Crippen molar-refractivity contribution in [1.29, 1.82) is 0 Å². The Morgan fingerprint density at radius 1 is 1.02 bits per heavy atom. The van der Waals surface area contributed by atoms with Gasteiger partial charge in [-0.3, -0.25) is 14.2 Å². The summed E-state index contributed by atoms with van der Waals surface area (Å²) in [6.07, 6.45) is 1.74. The first kappa shape index (κ1) is 34.2. The fourth-order valence-corrected chi connectivity index (χ4v) is 6.95. The van der Waals surface area contributed by atoms with E-state index in [2.05, 4.69) is 20.9 Å². The predicted molar refractivity (Wildman–Crippen MR) is 178 cm³/mol. The van der Waals surface area contributed by atoms with Gasteiger partial charge in [0, 0.05) is 17.6 Å². The zero-order valence-corrected chi connectivity index (χ0v) is 29.2. The second-order valence-corrected chi connectivity index (χ2v) is 12.3. The van der Waals surface area contributed by atoms with Crippen molar-refractivity contribution in [2.45, 2.75) is 26.8 Å². The van der Waals surface area contributed by atoms with Gasteiger partial charge in [0.05, 0.1) is 62.5 Å². The Morgan fingerprint density at radius 2 is 1.74 bits per heavy atom. The van der Waals surface area contributed by atoms with Crippen LogP contribution >= 0.6 is 27.3 Å². The van der Waals surface area contributed by atoms with Crippen LogP contribution in [-0.2, 0) is 19.1 Å². The molecule has 0 N–H and O–H groups in total. The minimum atomic E-state index is -0.861. The van der Waals surface area contributed by atoms with E-state index in [0.29, 0.717) is 86.5 Å². The molecule has 2 aliphatic heterocycles. The molecule has 2 aromatic carbocycles. The van der Waals surface area contributed by atoms with Gasteiger partial charge in [-0.25, -0.2) is 9.79 Å². The van der Waals surface area contributed by atoms with Crippen molar-refractivity contribution in [3.63, 3.8) is 0 Å². The minimum absolute atomic E-state index is 0.130. The van der Waals surface area contributed by atoms with Gasteiger partial charge in [0.15, 0.2) is 34.4 Å². The number of hydrogen-bond donors (Lipinski definition) is 0. The zero-order valence-electron chi connectivity index (χ0n) is 26.8. The summed E-state index contributed by atoms with van der Waals surface area (Å²) >= 11 is 4.82. The highest BCUT2D eigenvalue weighted by molar-refractivity contribution is 9.10. The summed E-state index contributed by atoms with van der Waals surface area (Å²) in [5.41, 5.74) is 1.61. The molecule has 0 spiro atoms. The van der Waals surface area contributed by atoms with E-state index in [1.165, 1.54) is 30.1 Å². The number of carbonyl (C=O) groups excluding carboxylic acids is 2. The van der Waals surface area contributed by atoms with Gasteiger partial charge in [0.1, 0.15) is 0 Å². The second kappa shape index (κ2) is 15.2. The van der Waals surface area contributed by atoms with E-state index in [9.17, 15) is 14.4 Å². The minimum Gasteiger partial charge on any atom is -0.493 e. The second-order valence-electron chi connectivity index (χ2n) is 10.5. The summed E-state index contributed by atoms with van der Waals surface area (Å²) in [6.45, 7) is 7.76. The average Bonchev–Trinajstić information content (AvgIpc) is 3.37. The molecular weight excluding hydrogens is 694 g/mol. The first-order valence-electron chi connectivity index (χ1n) is 15.1. The monoisotopic (exact) mass is 729 g/mol. The van der Waals surface area contributed by atoms with E-state index < -0.39 is 12.0 Å². The van der Waals surface area contributed by atoms with Crippen molar-refractivity contribution < 1.29 is 38.0 Å². The highest BCUT2D eigenvalue weighted by Gasteiger charge is 2.35. The van der Waals surface area contributed by atoms with Gasteiger partial charge >= 0.3 is 5.97 Å². The lowest BCUT2D eigenvalue weighted by Gasteiger charge is -2.26. The maximum Gasteiger partial charge on any atom is 0.338 e. The Kier molecular flexibility index (Phi) is 11.0. The van der Waals surface area contributed by atoms with Crippen molar-refractivity contribution in [3.8, 4) is 23.0 Å². The van der Waals surface area contributed by atoms with Crippen LogP contribution in [-0.4, -0.2) is 81.7 Å². The van der Waals surface area contributed by atoms with Gasteiger partial charge in [-0.1, -0.05) is 33.3 Å². The topological polar surface area (TPSA) is 127 Å². The molecule has 1 aromatic heterocycles. The van der Waals surface area contributed by atoms with Crippen molar-refractivity contribution in [3.05, 3.63) is 76.9 Å². The molecule has 47 heavy (non-hydrogen) atoms. The molecule has 1 saturated heterocycles. The molecule has 5 rings (SSSR count). The highest BCUT2D eigenvalue weighted by atomic mass is 79.9. The fourth-order valence-electron chi connectivity index (χ4n) is 5.36. The van der Waals surface area contributed by atoms with Crippen LogP contribution in [0.1, 0.15) is 37.9 Å². The van der Waals surface area contributed by atoms with Gasteiger partial charge in [-0.15, -0.1) is 0 Å². The molecule has 14 heteroatoms. The van der Waals surface area contributed by atoms with Crippen LogP contribution in [0.25, 0.3) is 6.08 Å². The number of benzene rings is 2. The van der Waals surface area contributed by atoms with Crippen LogP contribution in [0, 0.1) is 0 Å². The SMILES string of the molecule is CCOC(=O)C1=C(C)N=c2s/c(=C/c3ccc(OCC(=O)N4CCOCC4)c(OCC)c3)c(=O)n2[C@H]1c1cc(OC)c(OC)cc1Br. The largest absolute Gasteiger partial charge is 0.493 e. The van der Waals surface area contributed by atoms with Gasteiger partial charge in [0.2, 0.25) is 0 Å². The molecule has 1 atom stereocenters. The van der Waals surface area contributed by atoms with Crippen molar-refractivity contribution >= 4 is 45.2 Å². The number of morpholine rings is 1. The Labute approximate surface area is 283 Å². The maximum atomic E-state index is 14.2. The Morgan fingerprint density at radius 3 is 2.43 bits per heavy atom. The molecule has 0 radical (unpaired) electrons. The number of esters is 1. The number of nitrogens with zero attached hydrogens (tertiary/aromatic N) is 3. The summed E-state index contributed by atoms with van der Waals surface area (Å²) < 4.78 is 35.9. The number of carbonyl (C=O) groups is 2. The summed E-state index contributed by atoms with van der Waals surface area (Å²) in [5, 5.41) is 0. The van der Waals surface area contributed by atoms with E-state index in [1.807, 2.05) is 6.92 Å². The van der Waals surface area contributed by atoms with E-state index in [1.54, 1.807) is 55.2 Å². The number of rotatable bonds is 11. The van der Waals surface area contributed by atoms with Crippen molar-refractivity contribution in [2.75, 3.05) is 60.3 Å². The number of hydrogen-bond acceptors (Lipinski definition) is 11. The van der Waals surface area contributed by atoms with Crippen LogP contribution in [0.2, 0.25) is 0 Å². The van der Waals surface area contributed by atoms with Crippen molar-refractivity contribution in [1.82, 2.24) is 9.47 Å². The van der Waals surface area contributed by atoms with Crippen LogP contribution in [0.3, 0.4) is 0 Å². The summed E-state index contributed by atoms with van der Waals surface area (Å²) in [5.74, 6) is 1.07. The third kappa shape index (κ3) is 7.24. The molecule has 0 bridgehead atoms. The Balaban J connectivity index is 1.56. The average molecular weight is 731 g/mol. The normalized spacial score (nSPS) is 16.3. The van der Waals surface area contributed by atoms with Gasteiger partial charge in [0.25, 0.3) is 11.5 Å². The Hall–Kier alpha value is -4.14. The van der Waals surface area contributed by atoms with Crippen LogP contribution in [0.4, 0.5) is 0 Å². The third-order valence-electron chi connectivity index (χ3n) is 7.59. The van der Waals surface area contributed by atoms with Crippen LogP contribution in [0.15, 0.2) is 55.9 Å². The van der Waals surface area contributed by atoms with Crippen molar-refractivity contribution in [2.24, 2.45) is 4.99 Å². The molecule has 250 valence electrons. The molecule has 0 saturated carbocycles. The number of methoxy groups -OCH3 is 2.